The Hall–Kier alpha value is -2.75. The van der Waals surface area contributed by atoms with Crippen molar-refractivity contribution in [2.75, 3.05) is 13.7 Å². The summed E-state index contributed by atoms with van der Waals surface area (Å²) >= 11 is 11.8. The summed E-state index contributed by atoms with van der Waals surface area (Å²) in [6.45, 7) is 3.82. The van der Waals surface area contributed by atoms with Gasteiger partial charge in [0.2, 0.25) is 0 Å². The van der Waals surface area contributed by atoms with Crippen molar-refractivity contribution in [1.82, 2.24) is 20.6 Å². The molecule has 2 aromatic rings. The van der Waals surface area contributed by atoms with E-state index in [2.05, 4.69) is 20.6 Å². The Kier molecular flexibility index (Phi) is 12.2. The van der Waals surface area contributed by atoms with Gasteiger partial charge in [-0.25, -0.2) is 0 Å². The number of methoxy groups -OCH3 is 1. The molecule has 0 radical (unpaired) electrons. The van der Waals surface area contributed by atoms with Crippen molar-refractivity contribution in [2.45, 2.75) is 77.3 Å². The maximum Gasteiger partial charge on any atom is 0.308 e. The Morgan fingerprint density at radius 1 is 0.825 bits per heavy atom. The van der Waals surface area contributed by atoms with Gasteiger partial charge < -0.3 is 20.5 Å². The van der Waals surface area contributed by atoms with Gasteiger partial charge in [0, 0.05) is 31.1 Å². The second-order valence-electron chi connectivity index (χ2n) is 10.5. The van der Waals surface area contributed by atoms with Crippen LogP contribution in [0.4, 0.5) is 0 Å². The zero-order valence-electron chi connectivity index (χ0n) is 23.2. The molecule has 2 fully saturated rings. The maximum atomic E-state index is 12.3. The number of esters is 1. The molecule has 0 aliphatic heterocycles. The van der Waals surface area contributed by atoms with E-state index in [-0.39, 0.29) is 42.4 Å². The molecule has 0 spiro atoms. The number of hydrogen-bond donors (Lipinski definition) is 3. The zero-order chi connectivity index (χ0) is 29.2. The first-order chi connectivity index (χ1) is 19.1. The monoisotopic (exact) mass is 592 g/mol. The molecule has 4 rings (SSSR count). The van der Waals surface area contributed by atoms with E-state index in [9.17, 15) is 14.4 Å². The first kappa shape index (κ1) is 31.8. The molecule has 2 amide bonds. The van der Waals surface area contributed by atoms with Gasteiger partial charge >= 0.3 is 5.97 Å². The van der Waals surface area contributed by atoms with Crippen LogP contribution < -0.4 is 10.6 Å². The van der Waals surface area contributed by atoms with E-state index in [0.29, 0.717) is 38.5 Å². The van der Waals surface area contributed by atoms with E-state index in [1.165, 1.54) is 13.3 Å². The van der Waals surface area contributed by atoms with Crippen molar-refractivity contribution >= 4 is 41.0 Å². The number of aryl methyl sites for hydroxylation is 2. The summed E-state index contributed by atoms with van der Waals surface area (Å²) in [4.78, 5) is 44.1. The SMILES string of the molecule is COC(=O)[C@H]1CC[C@H](NC(=O)c2cc(Cl)cnc2C)CC1.Cc1ncc(Cl)cc1C(=O)NC1CCC(CO)CC1. The van der Waals surface area contributed by atoms with E-state index in [1.54, 1.807) is 32.2 Å². The fourth-order valence-corrected chi connectivity index (χ4v) is 5.45. The number of hydrogen-bond acceptors (Lipinski definition) is 7. The Balaban J connectivity index is 0.000000222. The predicted molar refractivity (Wildman–Crippen MR) is 153 cm³/mol. The third kappa shape index (κ3) is 9.14. The van der Waals surface area contributed by atoms with E-state index in [1.807, 2.05) is 0 Å². The number of pyridine rings is 2. The minimum atomic E-state index is -0.163. The molecule has 0 saturated heterocycles. The summed E-state index contributed by atoms with van der Waals surface area (Å²) in [5.74, 6) is -0.0842. The van der Waals surface area contributed by atoms with Crippen LogP contribution in [0.3, 0.4) is 0 Å². The Labute approximate surface area is 245 Å². The number of ether oxygens (including phenoxy) is 1. The Morgan fingerprint density at radius 2 is 1.25 bits per heavy atom. The van der Waals surface area contributed by atoms with Crippen LogP contribution in [-0.2, 0) is 9.53 Å². The summed E-state index contributed by atoms with van der Waals surface area (Å²) in [7, 11) is 1.41. The third-order valence-electron chi connectivity index (χ3n) is 7.63. The highest BCUT2D eigenvalue weighted by Crippen LogP contribution is 2.26. The Bertz CT molecular complexity index is 1180. The molecule has 2 aromatic heterocycles. The number of nitrogens with one attached hydrogen (secondary N) is 2. The van der Waals surface area contributed by atoms with Gasteiger partial charge in [-0.05, 0) is 83.3 Å². The van der Waals surface area contributed by atoms with E-state index in [4.69, 9.17) is 33.0 Å². The molecule has 0 atom stereocenters. The second-order valence-corrected chi connectivity index (χ2v) is 11.4. The van der Waals surface area contributed by atoms with Crippen LogP contribution in [0, 0.1) is 25.7 Å². The summed E-state index contributed by atoms with van der Waals surface area (Å²) < 4.78 is 4.76. The highest BCUT2D eigenvalue weighted by Gasteiger charge is 2.28. The molecule has 11 heteroatoms. The lowest BCUT2D eigenvalue weighted by atomic mass is 9.86. The third-order valence-corrected chi connectivity index (χ3v) is 8.05. The molecule has 2 aliphatic rings. The minimum Gasteiger partial charge on any atom is -0.469 e. The maximum absolute atomic E-state index is 12.3. The lowest BCUT2D eigenvalue weighted by Gasteiger charge is -2.28. The van der Waals surface area contributed by atoms with Crippen molar-refractivity contribution in [3.63, 3.8) is 0 Å². The molecule has 0 bridgehead atoms. The van der Waals surface area contributed by atoms with E-state index in [0.717, 1.165) is 51.4 Å². The molecule has 9 nitrogen and oxygen atoms in total. The molecule has 0 aromatic carbocycles. The molecule has 3 N–H and O–H groups in total. The number of nitrogens with zero attached hydrogens (tertiary/aromatic N) is 2. The molecular formula is C29H38Cl2N4O5. The number of carbonyl (C=O) groups is 3. The van der Waals surface area contributed by atoms with Crippen LogP contribution in [0.15, 0.2) is 24.5 Å². The van der Waals surface area contributed by atoms with E-state index < -0.39 is 0 Å². The standard InChI is InChI=1S/C15H19ClN2O3.C14H19ClN2O2/c1-9-13(7-11(16)8-17-9)14(19)18-12-5-3-10(4-6-12)15(20)21-2;1-9-13(6-11(15)7-16-9)14(19)17-12-4-2-10(8-18)3-5-12/h7-8,10,12H,3-6H2,1-2H3,(H,18,19);6-7,10,12,18H,2-5,8H2,1H3,(H,17,19)/t10-,12-;. The van der Waals surface area contributed by atoms with Crippen molar-refractivity contribution in [1.29, 1.82) is 0 Å². The number of carbonyl (C=O) groups excluding carboxylic acids is 3. The van der Waals surface area contributed by atoms with Gasteiger partial charge in [-0.15, -0.1) is 0 Å². The van der Waals surface area contributed by atoms with Crippen LogP contribution in [0.2, 0.25) is 10.0 Å². The number of amides is 2. The number of aliphatic hydroxyl groups is 1. The first-order valence-electron chi connectivity index (χ1n) is 13.7. The quantitative estimate of drug-likeness (QED) is 0.409. The Morgan fingerprint density at radius 3 is 1.65 bits per heavy atom. The average Bonchev–Trinajstić information content (AvgIpc) is 2.96. The summed E-state index contributed by atoms with van der Waals surface area (Å²) in [6, 6.07) is 3.54. The minimum absolute atomic E-state index is 0.0438. The van der Waals surface area contributed by atoms with Gasteiger partial charge in [0.25, 0.3) is 11.8 Å². The molecule has 218 valence electrons. The second kappa shape index (κ2) is 15.3. The van der Waals surface area contributed by atoms with Gasteiger partial charge in [0.05, 0.1) is 45.6 Å². The molecular weight excluding hydrogens is 555 g/mol. The first-order valence-corrected chi connectivity index (χ1v) is 14.4. The van der Waals surface area contributed by atoms with Crippen LogP contribution in [0.1, 0.15) is 83.5 Å². The predicted octanol–water partition coefficient (Wildman–Crippen LogP) is 4.83. The van der Waals surface area contributed by atoms with Crippen LogP contribution in [-0.4, -0.2) is 58.7 Å². The normalized spacial score (nSPS) is 22.4. The molecule has 2 aliphatic carbocycles. The fraction of sp³-hybridized carbons (Fsp3) is 0.552. The lowest BCUT2D eigenvalue weighted by Crippen LogP contribution is -2.39. The highest BCUT2D eigenvalue weighted by atomic mass is 35.5. The topological polar surface area (TPSA) is 131 Å². The van der Waals surface area contributed by atoms with Gasteiger partial charge in [-0.2, -0.15) is 0 Å². The average molecular weight is 594 g/mol. The zero-order valence-corrected chi connectivity index (χ0v) is 24.7. The van der Waals surface area contributed by atoms with Crippen molar-refractivity contribution in [3.8, 4) is 0 Å². The largest absolute Gasteiger partial charge is 0.469 e. The van der Waals surface area contributed by atoms with Gasteiger partial charge in [-0.3, -0.25) is 24.4 Å². The highest BCUT2D eigenvalue weighted by molar-refractivity contribution is 6.31. The van der Waals surface area contributed by atoms with Crippen molar-refractivity contribution < 1.29 is 24.2 Å². The summed E-state index contributed by atoms with van der Waals surface area (Å²) in [5, 5.41) is 16.0. The summed E-state index contributed by atoms with van der Waals surface area (Å²) in [6.07, 6.45) is 9.87. The molecule has 2 saturated carbocycles. The molecule has 40 heavy (non-hydrogen) atoms. The molecule has 2 heterocycles. The van der Waals surface area contributed by atoms with Gasteiger partial charge in [0.15, 0.2) is 0 Å². The van der Waals surface area contributed by atoms with Gasteiger partial charge in [-0.1, -0.05) is 23.2 Å². The number of rotatable bonds is 6. The van der Waals surface area contributed by atoms with Crippen LogP contribution >= 0.6 is 23.2 Å². The number of aromatic nitrogens is 2. The van der Waals surface area contributed by atoms with Crippen LogP contribution in [0.25, 0.3) is 0 Å². The van der Waals surface area contributed by atoms with Gasteiger partial charge in [0.1, 0.15) is 0 Å². The number of aliphatic hydroxyl groups excluding tert-OH is 1. The lowest BCUT2D eigenvalue weighted by molar-refractivity contribution is -0.146. The number of halogens is 2. The fourth-order valence-electron chi connectivity index (χ4n) is 5.13. The van der Waals surface area contributed by atoms with Crippen LogP contribution in [0.5, 0.6) is 0 Å². The van der Waals surface area contributed by atoms with Crippen molar-refractivity contribution in [2.24, 2.45) is 11.8 Å². The summed E-state index contributed by atoms with van der Waals surface area (Å²) in [5.41, 5.74) is 2.38. The van der Waals surface area contributed by atoms with E-state index >= 15 is 0 Å². The smallest absolute Gasteiger partial charge is 0.308 e. The van der Waals surface area contributed by atoms with Crippen molar-refractivity contribution in [3.05, 3.63) is 57.1 Å². The molecule has 0 unspecified atom stereocenters.